The average molecular weight is 364 g/mol. The number of hydrogen-bond donors (Lipinski definition) is 1. The largest absolute Gasteiger partial charge is 0.497 e. The molecule has 1 amide bonds. The highest BCUT2D eigenvalue weighted by atomic mass is 35.5. The van der Waals surface area contributed by atoms with Gasteiger partial charge in [-0.15, -0.1) is 0 Å². The van der Waals surface area contributed by atoms with Gasteiger partial charge in [0.15, 0.2) is 0 Å². The Kier molecular flexibility index (Phi) is 4.46. The van der Waals surface area contributed by atoms with Crippen LogP contribution in [0, 0.1) is 0 Å². The fourth-order valence-corrected chi connectivity index (χ4v) is 2.66. The Bertz CT molecular complexity index is 998. The molecule has 0 aliphatic carbocycles. The van der Waals surface area contributed by atoms with Crippen molar-refractivity contribution in [1.29, 1.82) is 0 Å². The van der Waals surface area contributed by atoms with Gasteiger partial charge < -0.3 is 14.5 Å². The molecule has 0 saturated carbocycles. The maximum Gasteiger partial charge on any atom is 0.360 e. The maximum absolute atomic E-state index is 12.3. The van der Waals surface area contributed by atoms with Crippen LogP contribution in [-0.2, 0) is 0 Å². The van der Waals surface area contributed by atoms with Gasteiger partial charge in [-0.25, -0.2) is 4.79 Å². The van der Waals surface area contributed by atoms with E-state index in [4.69, 9.17) is 32.4 Å². The molecule has 0 atom stereocenters. The number of fused-ring (bicyclic) bond motifs is 1. The molecule has 122 valence electrons. The first-order chi connectivity index (χ1) is 11.5. The first-order valence-electron chi connectivity index (χ1n) is 6.86. The highest BCUT2D eigenvalue weighted by Crippen LogP contribution is 2.24. The molecule has 3 rings (SSSR count). The number of halogens is 2. The third-order valence-electron chi connectivity index (χ3n) is 3.37. The Hall–Kier alpha value is -2.50. The summed E-state index contributed by atoms with van der Waals surface area (Å²) in [7, 11) is 1.52. The van der Waals surface area contributed by atoms with Crippen molar-refractivity contribution in [3.63, 3.8) is 0 Å². The van der Waals surface area contributed by atoms with E-state index in [2.05, 4.69) is 5.32 Å². The monoisotopic (exact) mass is 363 g/mol. The zero-order valence-electron chi connectivity index (χ0n) is 12.4. The number of nitrogens with one attached hydrogen (secondary N) is 1. The van der Waals surface area contributed by atoms with E-state index >= 15 is 0 Å². The van der Waals surface area contributed by atoms with E-state index in [1.54, 1.807) is 18.2 Å². The van der Waals surface area contributed by atoms with Crippen molar-refractivity contribution in [3.05, 3.63) is 68.5 Å². The van der Waals surface area contributed by atoms with Crippen LogP contribution < -0.4 is 15.7 Å². The Morgan fingerprint density at radius 3 is 2.62 bits per heavy atom. The molecule has 0 saturated heterocycles. The Morgan fingerprint density at radius 2 is 1.92 bits per heavy atom. The molecule has 3 aromatic rings. The molecule has 0 unspecified atom stereocenters. The van der Waals surface area contributed by atoms with Gasteiger partial charge in [0.05, 0.1) is 17.7 Å². The summed E-state index contributed by atoms with van der Waals surface area (Å²) < 4.78 is 10.3. The Morgan fingerprint density at radius 1 is 1.12 bits per heavy atom. The van der Waals surface area contributed by atoms with Gasteiger partial charge in [-0.2, -0.15) is 0 Å². The van der Waals surface area contributed by atoms with Crippen LogP contribution in [0.5, 0.6) is 5.75 Å². The molecule has 1 heterocycles. The lowest BCUT2D eigenvalue weighted by molar-refractivity contribution is 0.102. The molecule has 0 aliphatic heterocycles. The molecule has 24 heavy (non-hydrogen) atoms. The minimum atomic E-state index is -0.672. The first-order valence-corrected chi connectivity index (χ1v) is 7.62. The van der Waals surface area contributed by atoms with Crippen LogP contribution in [0.1, 0.15) is 10.4 Å². The molecule has 5 nitrogen and oxygen atoms in total. The van der Waals surface area contributed by atoms with Gasteiger partial charge in [0, 0.05) is 16.5 Å². The van der Waals surface area contributed by atoms with Gasteiger partial charge in [0.2, 0.25) is 0 Å². The molecular weight excluding hydrogens is 353 g/mol. The number of anilines is 1. The molecule has 0 bridgehead atoms. The van der Waals surface area contributed by atoms with Gasteiger partial charge >= 0.3 is 5.63 Å². The predicted octanol–water partition coefficient (Wildman–Crippen LogP) is 4.36. The summed E-state index contributed by atoms with van der Waals surface area (Å²) in [5.41, 5.74) is -0.0879. The van der Waals surface area contributed by atoms with E-state index in [0.717, 1.165) is 0 Å². The van der Waals surface area contributed by atoms with E-state index in [9.17, 15) is 9.59 Å². The fraction of sp³-hybridized carbons (Fsp3) is 0.0588. The van der Waals surface area contributed by atoms with Gasteiger partial charge in [-0.05, 0) is 36.4 Å². The summed E-state index contributed by atoms with van der Waals surface area (Å²) in [5.74, 6) is 0.0345. The standard InChI is InChI=1S/C17H11Cl2NO4/c1-23-11-4-2-9-6-14(17(22)24-15(9)8-11)20-16(21)12-5-3-10(18)7-13(12)19/h2-8H,1H3,(H,20,21). The summed E-state index contributed by atoms with van der Waals surface area (Å²) in [6.45, 7) is 0. The second-order valence-corrected chi connectivity index (χ2v) is 5.77. The normalized spacial score (nSPS) is 10.6. The van der Waals surface area contributed by atoms with Gasteiger partial charge in [-0.3, -0.25) is 4.79 Å². The molecule has 0 aliphatic rings. The molecule has 0 fully saturated rings. The summed E-state index contributed by atoms with van der Waals surface area (Å²) in [6.07, 6.45) is 0. The van der Waals surface area contributed by atoms with Crippen LogP contribution in [0.25, 0.3) is 11.0 Å². The Balaban J connectivity index is 1.96. The minimum absolute atomic E-state index is 0.0173. The number of methoxy groups -OCH3 is 1. The maximum atomic E-state index is 12.3. The van der Waals surface area contributed by atoms with Crippen molar-refractivity contribution in [1.82, 2.24) is 0 Å². The number of ether oxygens (including phenoxy) is 1. The number of amides is 1. The van der Waals surface area contributed by atoms with E-state index < -0.39 is 11.5 Å². The van der Waals surface area contributed by atoms with E-state index in [1.807, 2.05) is 0 Å². The average Bonchev–Trinajstić information content (AvgIpc) is 2.55. The van der Waals surface area contributed by atoms with E-state index in [-0.39, 0.29) is 16.3 Å². The predicted molar refractivity (Wildman–Crippen MR) is 93.5 cm³/mol. The third-order valence-corrected chi connectivity index (χ3v) is 3.91. The first kappa shape index (κ1) is 16.4. The summed E-state index contributed by atoms with van der Waals surface area (Å²) >= 11 is 11.8. The van der Waals surface area contributed by atoms with Crippen LogP contribution in [-0.4, -0.2) is 13.0 Å². The van der Waals surface area contributed by atoms with Crippen LogP contribution in [0.4, 0.5) is 5.69 Å². The van der Waals surface area contributed by atoms with Crippen LogP contribution in [0.3, 0.4) is 0 Å². The topological polar surface area (TPSA) is 68.5 Å². The quantitative estimate of drug-likeness (QED) is 0.701. The molecule has 7 heteroatoms. The second kappa shape index (κ2) is 6.55. The van der Waals surface area contributed by atoms with Gasteiger partial charge in [0.1, 0.15) is 17.0 Å². The number of hydrogen-bond acceptors (Lipinski definition) is 4. The number of carbonyl (C=O) groups is 1. The van der Waals surface area contributed by atoms with Crippen LogP contribution in [0.15, 0.2) is 51.7 Å². The summed E-state index contributed by atoms with van der Waals surface area (Å²) in [6, 6.07) is 11.0. The van der Waals surface area contributed by atoms with Crippen LogP contribution >= 0.6 is 23.2 Å². The van der Waals surface area contributed by atoms with E-state index in [0.29, 0.717) is 21.7 Å². The molecule has 2 aromatic carbocycles. The van der Waals surface area contributed by atoms with Crippen LogP contribution in [0.2, 0.25) is 10.0 Å². The zero-order chi connectivity index (χ0) is 17.3. The van der Waals surface area contributed by atoms with E-state index in [1.165, 1.54) is 31.4 Å². The zero-order valence-corrected chi connectivity index (χ0v) is 13.9. The molecule has 0 spiro atoms. The molecular formula is C17H11Cl2NO4. The van der Waals surface area contributed by atoms with Crippen molar-refractivity contribution >= 4 is 45.8 Å². The number of carbonyl (C=O) groups excluding carboxylic acids is 1. The van der Waals surface area contributed by atoms with Gasteiger partial charge in [-0.1, -0.05) is 23.2 Å². The second-order valence-electron chi connectivity index (χ2n) is 4.93. The summed E-state index contributed by atoms with van der Waals surface area (Å²) in [4.78, 5) is 24.4. The lowest BCUT2D eigenvalue weighted by Crippen LogP contribution is -2.18. The van der Waals surface area contributed by atoms with Crippen molar-refractivity contribution in [2.75, 3.05) is 12.4 Å². The van der Waals surface area contributed by atoms with Crippen molar-refractivity contribution in [3.8, 4) is 5.75 Å². The van der Waals surface area contributed by atoms with Crippen molar-refractivity contribution < 1.29 is 13.9 Å². The lowest BCUT2D eigenvalue weighted by Gasteiger charge is -2.07. The SMILES string of the molecule is COc1ccc2cc(NC(=O)c3ccc(Cl)cc3Cl)c(=O)oc2c1. The smallest absolute Gasteiger partial charge is 0.360 e. The number of rotatable bonds is 3. The fourth-order valence-electron chi connectivity index (χ4n) is 2.17. The third kappa shape index (κ3) is 3.22. The number of benzene rings is 2. The van der Waals surface area contributed by atoms with Gasteiger partial charge in [0.25, 0.3) is 5.91 Å². The Labute approximate surface area is 146 Å². The summed E-state index contributed by atoms with van der Waals surface area (Å²) in [5, 5.41) is 3.75. The molecule has 0 radical (unpaired) electrons. The van der Waals surface area contributed by atoms with Crippen molar-refractivity contribution in [2.45, 2.75) is 0 Å². The van der Waals surface area contributed by atoms with Crippen molar-refractivity contribution in [2.24, 2.45) is 0 Å². The molecule has 1 N–H and O–H groups in total. The molecule has 1 aromatic heterocycles. The lowest BCUT2D eigenvalue weighted by atomic mass is 10.2. The highest BCUT2D eigenvalue weighted by molar-refractivity contribution is 6.37. The minimum Gasteiger partial charge on any atom is -0.497 e. The highest BCUT2D eigenvalue weighted by Gasteiger charge is 2.14.